The van der Waals surface area contributed by atoms with Gasteiger partial charge in [-0.3, -0.25) is 0 Å². The second-order valence-electron chi connectivity index (χ2n) is 8.70. The van der Waals surface area contributed by atoms with Crippen molar-refractivity contribution < 1.29 is 23.1 Å². The van der Waals surface area contributed by atoms with Crippen LogP contribution < -0.4 is 15.5 Å². The number of hydrogen-bond donors (Lipinski definition) is 2. The lowest BCUT2D eigenvalue weighted by Gasteiger charge is -2.26. The van der Waals surface area contributed by atoms with Gasteiger partial charge in [0.05, 0.1) is 18.8 Å². The highest BCUT2D eigenvalue weighted by atomic mass is 19.1. The summed E-state index contributed by atoms with van der Waals surface area (Å²) in [4.78, 5) is 31.4. The van der Waals surface area contributed by atoms with Gasteiger partial charge in [-0.05, 0) is 49.9 Å². The van der Waals surface area contributed by atoms with E-state index in [-0.39, 0.29) is 24.1 Å². The molecule has 3 heterocycles. The Morgan fingerprint density at radius 3 is 2.80 bits per heavy atom. The van der Waals surface area contributed by atoms with Crippen LogP contribution in [0.1, 0.15) is 45.2 Å². The van der Waals surface area contributed by atoms with Crippen molar-refractivity contribution in [3.05, 3.63) is 53.9 Å². The number of anilines is 2. The maximum absolute atomic E-state index is 14.5. The fraction of sp³-hybridized carbons (Fsp3) is 0.417. The van der Waals surface area contributed by atoms with Crippen LogP contribution >= 0.6 is 0 Å². The van der Waals surface area contributed by atoms with Crippen molar-refractivity contribution in [3.8, 4) is 0 Å². The molecule has 2 N–H and O–H groups in total. The third-order valence-corrected chi connectivity index (χ3v) is 5.96. The smallest absolute Gasteiger partial charge is 0.328 e. The number of amides is 2. The normalized spacial score (nSPS) is 16.5. The summed E-state index contributed by atoms with van der Waals surface area (Å²) in [5.74, 6) is -1.09. The molecule has 0 unspecified atom stereocenters. The number of carbonyl (C=O) groups is 2. The van der Waals surface area contributed by atoms with Gasteiger partial charge in [0.2, 0.25) is 0 Å². The Hall–Kier alpha value is -3.76. The Morgan fingerprint density at radius 2 is 2.06 bits per heavy atom. The first-order valence-corrected chi connectivity index (χ1v) is 11.6. The molecule has 0 spiro atoms. The lowest BCUT2D eigenvalue weighted by atomic mass is 10.0. The van der Waals surface area contributed by atoms with Crippen molar-refractivity contribution in [1.29, 1.82) is 0 Å². The average molecular weight is 487 g/mol. The molecule has 3 aromatic rings. The average Bonchev–Trinajstić information content (AvgIpc) is 3.46. The first-order chi connectivity index (χ1) is 16.8. The fourth-order valence-electron chi connectivity index (χ4n) is 4.27. The molecule has 0 bridgehead atoms. The van der Waals surface area contributed by atoms with Crippen molar-refractivity contribution in [2.24, 2.45) is 5.92 Å². The van der Waals surface area contributed by atoms with E-state index in [2.05, 4.69) is 20.7 Å². The third-order valence-electron chi connectivity index (χ3n) is 5.96. The number of halogens is 2. The van der Waals surface area contributed by atoms with Gasteiger partial charge in [0.1, 0.15) is 29.2 Å². The van der Waals surface area contributed by atoms with Gasteiger partial charge in [0.25, 0.3) is 0 Å². The van der Waals surface area contributed by atoms with Crippen LogP contribution in [0.25, 0.3) is 5.65 Å². The minimum atomic E-state index is -0.813. The first-order valence-electron chi connectivity index (χ1n) is 11.6. The molecule has 2 atom stereocenters. The Balaban J connectivity index is 1.56. The summed E-state index contributed by atoms with van der Waals surface area (Å²) < 4.78 is 34.8. The summed E-state index contributed by atoms with van der Waals surface area (Å²) >= 11 is 0. The van der Waals surface area contributed by atoms with Crippen LogP contribution in [0.15, 0.2) is 36.7 Å². The summed E-state index contributed by atoms with van der Waals surface area (Å²) in [7, 11) is 0. The molecule has 2 aromatic heterocycles. The molecule has 0 radical (unpaired) electrons. The highest BCUT2D eigenvalue weighted by Gasteiger charge is 2.30. The number of aromatic nitrogens is 3. The molecule has 9 nitrogen and oxygen atoms in total. The highest BCUT2D eigenvalue weighted by Crippen LogP contribution is 2.37. The van der Waals surface area contributed by atoms with Gasteiger partial charge < -0.3 is 20.3 Å². The molecule has 186 valence electrons. The lowest BCUT2D eigenvalue weighted by molar-refractivity contribution is -0.146. The van der Waals surface area contributed by atoms with Gasteiger partial charge >= 0.3 is 12.0 Å². The molecule has 35 heavy (non-hydrogen) atoms. The molecular formula is C24H28F2N6O3. The predicted octanol–water partition coefficient (Wildman–Crippen LogP) is 4.06. The van der Waals surface area contributed by atoms with Crippen LogP contribution in [0.3, 0.4) is 0 Å². The second-order valence-corrected chi connectivity index (χ2v) is 8.70. The Labute approximate surface area is 201 Å². The van der Waals surface area contributed by atoms with Gasteiger partial charge in [0.15, 0.2) is 5.65 Å². The number of urea groups is 1. The quantitative estimate of drug-likeness (QED) is 0.489. The van der Waals surface area contributed by atoms with E-state index in [1.807, 2.05) is 4.90 Å². The zero-order chi connectivity index (χ0) is 25.1. The van der Waals surface area contributed by atoms with E-state index in [1.54, 1.807) is 33.0 Å². The van der Waals surface area contributed by atoms with Gasteiger partial charge in [0, 0.05) is 18.3 Å². The van der Waals surface area contributed by atoms with Crippen LogP contribution in [-0.4, -0.2) is 45.8 Å². The number of fused-ring (bicyclic) bond motifs is 1. The summed E-state index contributed by atoms with van der Waals surface area (Å²) in [6.07, 6.45) is 4.59. The molecule has 1 aromatic carbocycles. The van der Waals surface area contributed by atoms with E-state index in [0.717, 1.165) is 18.6 Å². The van der Waals surface area contributed by atoms with Crippen LogP contribution in [0.5, 0.6) is 0 Å². The number of carbonyl (C=O) groups excluding carboxylic acids is 2. The van der Waals surface area contributed by atoms with Crippen molar-refractivity contribution in [2.45, 2.75) is 45.7 Å². The van der Waals surface area contributed by atoms with E-state index < -0.39 is 29.7 Å². The maximum Gasteiger partial charge on any atom is 0.328 e. The SMILES string of the molecule is CCOC(=O)[C@@H](NC(=O)Nc1cnn2ccc(N3CCC[C@@H]3c3cc(F)ccc3F)nc12)C(C)C. The van der Waals surface area contributed by atoms with E-state index in [9.17, 15) is 18.4 Å². The van der Waals surface area contributed by atoms with Gasteiger partial charge in [-0.1, -0.05) is 13.8 Å². The van der Waals surface area contributed by atoms with Crippen LogP contribution in [0.2, 0.25) is 0 Å². The highest BCUT2D eigenvalue weighted by molar-refractivity contribution is 5.95. The lowest BCUT2D eigenvalue weighted by Crippen LogP contribution is -2.47. The van der Waals surface area contributed by atoms with Gasteiger partial charge in [-0.25, -0.2) is 27.9 Å². The summed E-state index contributed by atoms with van der Waals surface area (Å²) in [5.41, 5.74) is 0.998. The molecular weight excluding hydrogens is 458 g/mol. The summed E-state index contributed by atoms with van der Waals surface area (Å²) in [5, 5.41) is 9.54. The molecule has 11 heteroatoms. The molecule has 1 aliphatic heterocycles. The third kappa shape index (κ3) is 5.18. The van der Waals surface area contributed by atoms with Crippen LogP contribution in [0.4, 0.5) is 25.1 Å². The number of nitrogens with zero attached hydrogens (tertiary/aromatic N) is 4. The monoisotopic (exact) mass is 486 g/mol. The number of hydrogen-bond acceptors (Lipinski definition) is 6. The molecule has 2 amide bonds. The molecule has 1 aliphatic rings. The number of nitrogens with one attached hydrogen (secondary N) is 2. The van der Waals surface area contributed by atoms with Gasteiger partial charge in [-0.15, -0.1) is 0 Å². The summed E-state index contributed by atoms with van der Waals surface area (Å²) in [6.45, 7) is 6.14. The fourth-order valence-corrected chi connectivity index (χ4v) is 4.27. The largest absolute Gasteiger partial charge is 0.464 e. The molecule has 1 saturated heterocycles. The minimum absolute atomic E-state index is 0.177. The summed E-state index contributed by atoms with van der Waals surface area (Å²) in [6, 6.07) is 3.43. The zero-order valence-electron chi connectivity index (χ0n) is 19.8. The van der Waals surface area contributed by atoms with E-state index in [4.69, 9.17) is 4.74 Å². The van der Waals surface area contributed by atoms with Crippen molar-refractivity contribution in [2.75, 3.05) is 23.4 Å². The van der Waals surface area contributed by atoms with E-state index in [1.165, 1.54) is 16.8 Å². The standard InChI is InChI=1S/C24H28F2N6O3/c1-4-35-23(33)21(14(2)3)30-24(34)28-18-13-27-32-11-9-20(29-22(18)32)31-10-5-6-19(31)16-12-15(25)7-8-17(16)26/h7-9,11-14,19,21H,4-6,10H2,1-3H3,(H2,28,30,34)/t19-,21+/m1/s1. The van der Waals surface area contributed by atoms with E-state index >= 15 is 0 Å². The van der Waals surface area contributed by atoms with Crippen LogP contribution in [0, 0.1) is 17.6 Å². The van der Waals surface area contributed by atoms with Crippen molar-refractivity contribution in [3.63, 3.8) is 0 Å². The topological polar surface area (TPSA) is 101 Å². The number of esters is 1. The molecule has 0 aliphatic carbocycles. The molecule has 0 saturated carbocycles. The first kappa shape index (κ1) is 24.4. The Bertz CT molecular complexity index is 1230. The molecule has 1 fully saturated rings. The van der Waals surface area contributed by atoms with E-state index in [0.29, 0.717) is 30.1 Å². The maximum atomic E-state index is 14.5. The number of rotatable bonds is 7. The Kier molecular flexibility index (Phi) is 7.13. The minimum Gasteiger partial charge on any atom is -0.464 e. The molecule has 4 rings (SSSR count). The number of benzene rings is 1. The second kappa shape index (κ2) is 10.2. The van der Waals surface area contributed by atoms with Crippen molar-refractivity contribution in [1.82, 2.24) is 19.9 Å². The van der Waals surface area contributed by atoms with Crippen molar-refractivity contribution >= 4 is 29.2 Å². The van der Waals surface area contributed by atoms with Gasteiger partial charge in [-0.2, -0.15) is 5.10 Å². The Morgan fingerprint density at radius 1 is 1.26 bits per heavy atom. The van der Waals surface area contributed by atoms with Crippen LogP contribution in [-0.2, 0) is 9.53 Å². The predicted molar refractivity (Wildman–Crippen MR) is 126 cm³/mol. The zero-order valence-corrected chi connectivity index (χ0v) is 19.8. The number of ether oxygens (including phenoxy) is 1.